The van der Waals surface area contributed by atoms with Crippen LogP contribution in [0.25, 0.3) is 0 Å². The van der Waals surface area contributed by atoms with Crippen LogP contribution in [0.3, 0.4) is 0 Å². The minimum Gasteiger partial charge on any atom is -0.469 e. The average molecular weight is 488 g/mol. The van der Waals surface area contributed by atoms with Crippen molar-refractivity contribution in [3.63, 3.8) is 0 Å². The molecule has 3 aromatic rings. The van der Waals surface area contributed by atoms with Crippen LogP contribution in [0.5, 0.6) is 0 Å². The summed E-state index contributed by atoms with van der Waals surface area (Å²) >= 11 is 13.2. The summed E-state index contributed by atoms with van der Waals surface area (Å²) in [7, 11) is 1.40. The Bertz CT molecular complexity index is 1080. The van der Waals surface area contributed by atoms with E-state index in [4.69, 9.17) is 33.0 Å². The molecule has 0 aliphatic carbocycles. The monoisotopic (exact) mass is 487 g/mol. The smallest absolute Gasteiger partial charge is 0.305 e. The van der Waals surface area contributed by atoms with E-state index in [9.17, 15) is 4.79 Å². The number of hydrogen-bond donors (Lipinski definition) is 1. The Kier molecular flexibility index (Phi) is 7.34. The van der Waals surface area contributed by atoms with Crippen LogP contribution in [0.15, 0.2) is 75.2 Å². The van der Waals surface area contributed by atoms with Gasteiger partial charge in [-0.3, -0.25) is 9.78 Å². The number of carbonyl (C=O) groups excluding carboxylic acids is 1. The fraction of sp³-hybridized carbons (Fsp3) is 0.261. The third-order valence-electron chi connectivity index (χ3n) is 5.13. The topological polar surface area (TPSA) is 67.6 Å². The number of aromatic nitrogens is 1. The van der Waals surface area contributed by atoms with Crippen LogP contribution in [0.4, 0.5) is 0 Å². The molecule has 0 unspecified atom stereocenters. The Balaban J connectivity index is 1.58. The molecule has 3 heterocycles. The average Bonchev–Trinajstić information content (AvgIpc) is 3.40. The van der Waals surface area contributed by atoms with Gasteiger partial charge < -0.3 is 19.4 Å². The molecule has 0 radical (unpaired) electrons. The number of ether oxygens (including phenoxy) is 1. The van der Waals surface area contributed by atoms with Crippen molar-refractivity contribution in [3.8, 4) is 0 Å². The van der Waals surface area contributed by atoms with Crippen molar-refractivity contribution in [2.24, 2.45) is 0 Å². The molecule has 166 valence electrons. The lowest BCUT2D eigenvalue weighted by atomic mass is 10.0. The van der Waals surface area contributed by atoms with Crippen molar-refractivity contribution in [2.75, 3.05) is 13.7 Å². The number of hydrogen-bond acceptors (Lipinski definition) is 6. The summed E-state index contributed by atoms with van der Waals surface area (Å²) in [6.07, 6.45) is 2.71. The summed E-state index contributed by atoms with van der Waals surface area (Å²) in [5.74, 6) is 0.545. The van der Waals surface area contributed by atoms with Gasteiger partial charge in [0.25, 0.3) is 0 Å². The normalized spacial score (nSPS) is 17.9. The number of methoxy groups -OCH3 is 1. The van der Waals surface area contributed by atoms with E-state index < -0.39 is 0 Å². The van der Waals surface area contributed by atoms with Crippen molar-refractivity contribution >= 4 is 46.7 Å². The summed E-state index contributed by atoms with van der Waals surface area (Å²) in [5.41, 5.74) is 0.874. The first-order chi connectivity index (χ1) is 15.5. The van der Waals surface area contributed by atoms with Gasteiger partial charge in [0.2, 0.25) is 0 Å². The van der Waals surface area contributed by atoms with E-state index in [1.165, 1.54) is 18.9 Å². The second-order valence-electron chi connectivity index (χ2n) is 7.21. The fourth-order valence-electron chi connectivity index (χ4n) is 3.62. The van der Waals surface area contributed by atoms with Crippen molar-refractivity contribution < 1.29 is 13.9 Å². The molecular weight excluding hydrogens is 466 g/mol. The lowest BCUT2D eigenvalue weighted by Crippen LogP contribution is -2.30. The summed E-state index contributed by atoms with van der Waals surface area (Å²) in [6.45, 7) is 0.593. The van der Waals surface area contributed by atoms with E-state index in [0.717, 1.165) is 21.4 Å². The molecule has 1 aromatic carbocycles. The highest BCUT2D eigenvalue weighted by Gasteiger charge is 2.41. The van der Waals surface area contributed by atoms with Gasteiger partial charge in [-0.05, 0) is 67.2 Å². The Morgan fingerprint density at radius 2 is 2.06 bits per heavy atom. The fourth-order valence-corrected chi connectivity index (χ4v) is 4.85. The van der Waals surface area contributed by atoms with Gasteiger partial charge in [-0.2, -0.15) is 0 Å². The number of rotatable bonds is 8. The number of esters is 1. The van der Waals surface area contributed by atoms with Gasteiger partial charge in [0, 0.05) is 29.1 Å². The Morgan fingerprint density at radius 3 is 2.78 bits per heavy atom. The van der Waals surface area contributed by atoms with Crippen molar-refractivity contribution in [2.45, 2.75) is 34.9 Å². The number of furan rings is 1. The molecule has 1 N–H and O–H groups in total. The van der Waals surface area contributed by atoms with Crippen LogP contribution in [-0.4, -0.2) is 34.6 Å². The standard InChI is InChI=1S/C23H22ClN3O3S2/c1-29-19(28)6-4-14-27-22(21(26-23(27)31)17-5-2-3-13-25-17)18-11-12-20(30-18)32-16-9-7-15(24)8-10-16/h2-3,5,7-13,21-22H,4,6,14H2,1H3,(H,26,31)/t21-,22+/m0/s1. The largest absolute Gasteiger partial charge is 0.469 e. The minimum absolute atomic E-state index is 0.165. The zero-order valence-corrected chi connectivity index (χ0v) is 19.8. The first-order valence-corrected chi connectivity index (χ1v) is 11.7. The molecule has 1 aliphatic heterocycles. The van der Waals surface area contributed by atoms with Crippen LogP contribution in [0.2, 0.25) is 5.02 Å². The van der Waals surface area contributed by atoms with Gasteiger partial charge in [0.1, 0.15) is 11.8 Å². The number of halogens is 1. The number of nitrogens with zero attached hydrogens (tertiary/aromatic N) is 2. The van der Waals surface area contributed by atoms with E-state index in [-0.39, 0.29) is 18.1 Å². The zero-order chi connectivity index (χ0) is 22.5. The molecular formula is C23H22ClN3O3S2. The second kappa shape index (κ2) is 10.4. The Morgan fingerprint density at radius 1 is 1.25 bits per heavy atom. The summed E-state index contributed by atoms with van der Waals surface area (Å²) < 4.78 is 11.0. The number of carbonyl (C=O) groups is 1. The highest BCUT2D eigenvalue weighted by Crippen LogP contribution is 2.41. The van der Waals surface area contributed by atoms with Crippen LogP contribution in [0, 0.1) is 0 Å². The van der Waals surface area contributed by atoms with Crippen LogP contribution in [-0.2, 0) is 9.53 Å². The first kappa shape index (κ1) is 22.6. The van der Waals surface area contributed by atoms with Crippen molar-refractivity contribution in [1.82, 2.24) is 15.2 Å². The van der Waals surface area contributed by atoms with Gasteiger partial charge in [0.15, 0.2) is 10.2 Å². The summed E-state index contributed by atoms with van der Waals surface area (Å²) in [5, 5.41) is 5.46. The number of nitrogens with one attached hydrogen (secondary N) is 1. The van der Waals surface area contributed by atoms with E-state index in [2.05, 4.69) is 15.2 Å². The molecule has 0 spiro atoms. The number of benzene rings is 1. The molecule has 32 heavy (non-hydrogen) atoms. The van der Waals surface area contributed by atoms with Crippen LogP contribution >= 0.6 is 35.6 Å². The van der Waals surface area contributed by atoms with Crippen molar-refractivity contribution in [3.05, 3.63) is 77.3 Å². The number of thiocarbonyl (C=S) groups is 1. The Hall–Kier alpha value is -2.55. The molecule has 1 aliphatic rings. The molecule has 0 bridgehead atoms. The van der Waals surface area contributed by atoms with Gasteiger partial charge >= 0.3 is 5.97 Å². The maximum absolute atomic E-state index is 11.6. The molecule has 9 heteroatoms. The SMILES string of the molecule is COC(=O)CCCN1C(=S)N[C@@H](c2ccccn2)[C@H]1c1ccc(Sc2ccc(Cl)cc2)o1. The van der Waals surface area contributed by atoms with Crippen molar-refractivity contribution in [1.29, 1.82) is 0 Å². The van der Waals surface area contributed by atoms with Crippen LogP contribution < -0.4 is 5.32 Å². The molecule has 2 aromatic heterocycles. The highest BCUT2D eigenvalue weighted by molar-refractivity contribution is 7.99. The maximum atomic E-state index is 11.6. The molecule has 2 atom stereocenters. The predicted molar refractivity (Wildman–Crippen MR) is 128 cm³/mol. The first-order valence-electron chi connectivity index (χ1n) is 10.1. The number of pyridine rings is 1. The van der Waals surface area contributed by atoms with E-state index in [1.807, 2.05) is 54.6 Å². The molecule has 6 nitrogen and oxygen atoms in total. The quantitative estimate of drug-likeness (QED) is 0.334. The van der Waals surface area contributed by atoms with Gasteiger partial charge in [-0.15, -0.1) is 0 Å². The summed E-state index contributed by atoms with van der Waals surface area (Å²) in [4.78, 5) is 19.2. The predicted octanol–water partition coefficient (Wildman–Crippen LogP) is 5.40. The minimum atomic E-state index is -0.236. The maximum Gasteiger partial charge on any atom is 0.305 e. The molecule has 4 rings (SSSR count). The summed E-state index contributed by atoms with van der Waals surface area (Å²) in [6, 6.07) is 17.0. The lowest BCUT2D eigenvalue weighted by Gasteiger charge is -2.25. The van der Waals surface area contributed by atoms with E-state index in [0.29, 0.717) is 29.5 Å². The third kappa shape index (κ3) is 5.26. The van der Waals surface area contributed by atoms with E-state index >= 15 is 0 Å². The molecule has 0 amide bonds. The Labute approximate surface area is 201 Å². The molecule has 0 saturated carbocycles. The van der Waals surface area contributed by atoms with Crippen LogP contribution in [0.1, 0.15) is 36.4 Å². The third-order valence-corrected chi connectivity index (χ3v) is 6.66. The van der Waals surface area contributed by atoms with Gasteiger partial charge in [0.05, 0.1) is 18.8 Å². The highest BCUT2D eigenvalue weighted by atomic mass is 35.5. The van der Waals surface area contributed by atoms with Gasteiger partial charge in [-0.1, -0.05) is 29.4 Å². The zero-order valence-electron chi connectivity index (χ0n) is 17.4. The molecule has 1 saturated heterocycles. The van der Waals surface area contributed by atoms with E-state index in [1.54, 1.807) is 6.20 Å². The van der Waals surface area contributed by atoms with Gasteiger partial charge in [-0.25, -0.2) is 0 Å². The molecule has 1 fully saturated rings. The second-order valence-corrected chi connectivity index (χ2v) is 9.11. The lowest BCUT2D eigenvalue weighted by molar-refractivity contribution is -0.140.